The van der Waals surface area contributed by atoms with Crippen LogP contribution < -0.4 is 15.8 Å². The van der Waals surface area contributed by atoms with E-state index in [0.29, 0.717) is 18.7 Å². The second-order valence-electron chi connectivity index (χ2n) is 4.43. The average Bonchev–Trinajstić information content (AvgIpc) is 2.36. The standard InChI is InChI=1S/C14H20N2O3/c1-10-5-7-12(8-6-10)19-11(2)14(18)16-9-3-4-13(15)17/h5-8,11H,3-4,9H2,1-2H3,(H2,15,17)(H,16,18)/t11-/m1/s1. The van der Waals surface area contributed by atoms with E-state index in [4.69, 9.17) is 10.5 Å². The van der Waals surface area contributed by atoms with Crippen LogP contribution in [0.2, 0.25) is 0 Å². The van der Waals surface area contributed by atoms with E-state index >= 15 is 0 Å². The summed E-state index contributed by atoms with van der Waals surface area (Å²) in [6, 6.07) is 7.50. The topological polar surface area (TPSA) is 81.4 Å². The number of rotatable bonds is 7. The van der Waals surface area contributed by atoms with E-state index < -0.39 is 6.10 Å². The Morgan fingerprint density at radius 3 is 2.53 bits per heavy atom. The van der Waals surface area contributed by atoms with E-state index in [2.05, 4.69) is 5.32 Å². The molecule has 0 aliphatic carbocycles. The van der Waals surface area contributed by atoms with Crippen molar-refractivity contribution in [2.45, 2.75) is 32.8 Å². The Morgan fingerprint density at radius 1 is 1.32 bits per heavy atom. The van der Waals surface area contributed by atoms with Gasteiger partial charge in [-0.2, -0.15) is 0 Å². The van der Waals surface area contributed by atoms with Gasteiger partial charge in [0.05, 0.1) is 0 Å². The molecule has 1 aromatic rings. The lowest BCUT2D eigenvalue weighted by Crippen LogP contribution is -2.37. The van der Waals surface area contributed by atoms with Crippen molar-refractivity contribution in [3.63, 3.8) is 0 Å². The number of primary amides is 1. The molecule has 1 aromatic carbocycles. The van der Waals surface area contributed by atoms with Crippen molar-refractivity contribution in [1.29, 1.82) is 0 Å². The first kappa shape index (κ1) is 15.0. The van der Waals surface area contributed by atoms with Gasteiger partial charge in [-0.25, -0.2) is 0 Å². The molecule has 0 fully saturated rings. The van der Waals surface area contributed by atoms with Gasteiger partial charge < -0.3 is 15.8 Å². The van der Waals surface area contributed by atoms with Gasteiger partial charge in [-0.1, -0.05) is 17.7 Å². The third-order valence-corrected chi connectivity index (χ3v) is 2.60. The molecule has 1 rings (SSSR count). The number of hydrogen-bond donors (Lipinski definition) is 2. The SMILES string of the molecule is Cc1ccc(O[C@H](C)C(=O)NCCCC(N)=O)cc1. The molecule has 2 amide bonds. The molecule has 0 aliphatic rings. The molecule has 0 spiro atoms. The zero-order chi connectivity index (χ0) is 14.3. The van der Waals surface area contributed by atoms with E-state index in [1.54, 1.807) is 6.92 Å². The minimum absolute atomic E-state index is 0.204. The van der Waals surface area contributed by atoms with Gasteiger partial charge >= 0.3 is 0 Å². The average molecular weight is 264 g/mol. The summed E-state index contributed by atoms with van der Waals surface area (Å²) >= 11 is 0. The van der Waals surface area contributed by atoms with Crippen LogP contribution in [0.5, 0.6) is 5.75 Å². The van der Waals surface area contributed by atoms with Crippen molar-refractivity contribution in [3.8, 4) is 5.75 Å². The Morgan fingerprint density at radius 2 is 1.95 bits per heavy atom. The molecule has 104 valence electrons. The third-order valence-electron chi connectivity index (χ3n) is 2.60. The zero-order valence-electron chi connectivity index (χ0n) is 11.3. The van der Waals surface area contributed by atoms with Crippen molar-refractivity contribution in [2.24, 2.45) is 5.73 Å². The second-order valence-corrected chi connectivity index (χ2v) is 4.43. The van der Waals surface area contributed by atoms with E-state index in [1.807, 2.05) is 31.2 Å². The van der Waals surface area contributed by atoms with Crippen LogP contribution >= 0.6 is 0 Å². The molecule has 1 atom stereocenters. The minimum atomic E-state index is -0.573. The Labute approximate surface area is 113 Å². The maximum atomic E-state index is 11.7. The number of hydrogen-bond acceptors (Lipinski definition) is 3. The number of amides is 2. The first-order valence-corrected chi connectivity index (χ1v) is 6.28. The van der Waals surface area contributed by atoms with Gasteiger partial charge in [0.1, 0.15) is 5.75 Å². The quantitative estimate of drug-likeness (QED) is 0.725. The molecule has 5 heteroatoms. The molecule has 0 heterocycles. The highest BCUT2D eigenvalue weighted by Gasteiger charge is 2.13. The first-order chi connectivity index (χ1) is 8.99. The number of nitrogens with two attached hydrogens (primary N) is 1. The number of ether oxygens (including phenoxy) is 1. The molecule has 0 saturated heterocycles. The van der Waals surface area contributed by atoms with Crippen LogP contribution in [-0.4, -0.2) is 24.5 Å². The van der Waals surface area contributed by atoms with E-state index in [0.717, 1.165) is 5.56 Å². The number of carbonyl (C=O) groups excluding carboxylic acids is 2. The lowest BCUT2D eigenvalue weighted by Gasteiger charge is -2.14. The number of aryl methyl sites for hydroxylation is 1. The van der Waals surface area contributed by atoms with Gasteiger partial charge in [-0.3, -0.25) is 9.59 Å². The van der Waals surface area contributed by atoms with E-state index in [1.165, 1.54) is 0 Å². The van der Waals surface area contributed by atoms with Crippen LogP contribution in [0.25, 0.3) is 0 Å². The molecule has 0 aliphatic heterocycles. The van der Waals surface area contributed by atoms with Crippen LogP contribution in [0, 0.1) is 6.92 Å². The van der Waals surface area contributed by atoms with Crippen LogP contribution in [-0.2, 0) is 9.59 Å². The first-order valence-electron chi connectivity index (χ1n) is 6.28. The molecule has 0 aromatic heterocycles. The molecule has 0 saturated carbocycles. The summed E-state index contributed by atoms with van der Waals surface area (Å²) in [5, 5.41) is 2.70. The van der Waals surface area contributed by atoms with Crippen molar-refractivity contribution < 1.29 is 14.3 Å². The van der Waals surface area contributed by atoms with Gasteiger partial charge in [-0.15, -0.1) is 0 Å². The molecule has 0 unspecified atom stereocenters. The predicted octanol–water partition coefficient (Wildman–Crippen LogP) is 1.14. The molecule has 0 bridgehead atoms. The molecule has 5 nitrogen and oxygen atoms in total. The zero-order valence-corrected chi connectivity index (χ0v) is 11.3. The van der Waals surface area contributed by atoms with E-state index in [-0.39, 0.29) is 18.2 Å². The van der Waals surface area contributed by atoms with Crippen molar-refractivity contribution in [2.75, 3.05) is 6.54 Å². The van der Waals surface area contributed by atoms with Crippen LogP contribution in [0.15, 0.2) is 24.3 Å². The summed E-state index contributed by atoms with van der Waals surface area (Å²) < 4.78 is 5.51. The maximum absolute atomic E-state index is 11.7. The van der Waals surface area contributed by atoms with E-state index in [9.17, 15) is 9.59 Å². The highest BCUT2D eigenvalue weighted by molar-refractivity contribution is 5.80. The predicted molar refractivity (Wildman–Crippen MR) is 72.7 cm³/mol. The van der Waals surface area contributed by atoms with Crippen LogP contribution in [0.3, 0.4) is 0 Å². The number of benzene rings is 1. The highest BCUT2D eigenvalue weighted by atomic mass is 16.5. The van der Waals surface area contributed by atoms with Crippen molar-refractivity contribution in [1.82, 2.24) is 5.32 Å². The van der Waals surface area contributed by atoms with Crippen molar-refractivity contribution in [3.05, 3.63) is 29.8 Å². The fourth-order valence-corrected chi connectivity index (χ4v) is 1.49. The molecule has 3 N–H and O–H groups in total. The van der Waals surface area contributed by atoms with Gasteiger partial charge in [-0.05, 0) is 32.4 Å². The summed E-state index contributed by atoms with van der Waals surface area (Å²) in [5.74, 6) is 0.0913. The van der Waals surface area contributed by atoms with Crippen LogP contribution in [0.4, 0.5) is 0 Å². The maximum Gasteiger partial charge on any atom is 0.260 e. The minimum Gasteiger partial charge on any atom is -0.481 e. The fourth-order valence-electron chi connectivity index (χ4n) is 1.49. The van der Waals surface area contributed by atoms with Gasteiger partial charge in [0.25, 0.3) is 5.91 Å². The summed E-state index contributed by atoms with van der Waals surface area (Å²) in [7, 11) is 0. The Bertz CT molecular complexity index is 429. The lowest BCUT2D eigenvalue weighted by atomic mass is 10.2. The normalized spacial score (nSPS) is 11.7. The third kappa shape index (κ3) is 5.90. The summed E-state index contributed by atoms with van der Waals surface area (Å²) in [5.41, 5.74) is 6.14. The van der Waals surface area contributed by atoms with Gasteiger partial charge in [0, 0.05) is 13.0 Å². The molecular formula is C14H20N2O3. The van der Waals surface area contributed by atoms with Gasteiger partial charge in [0.15, 0.2) is 6.10 Å². The lowest BCUT2D eigenvalue weighted by molar-refractivity contribution is -0.127. The molecule has 19 heavy (non-hydrogen) atoms. The Balaban J connectivity index is 2.32. The monoisotopic (exact) mass is 264 g/mol. The summed E-state index contributed by atoms with van der Waals surface area (Å²) in [6.45, 7) is 4.09. The smallest absolute Gasteiger partial charge is 0.260 e. The van der Waals surface area contributed by atoms with Crippen molar-refractivity contribution >= 4 is 11.8 Å². The number of nitrogens with one attached hydrogen (secondary N) is 1. The molecular weight excluding hydrogens is 244 g/mol. The highest BCUT2D eigenvalue weighted by Crippen LogP contribution is 2.13. The summed E-state index contributed by atoms with van der Waals surface area (Å²) in [6.07, 6.45) is 0.238. The Hall–Kier alpha value is -2.04. The number of carbonyl (C=O) groups is 2. The summed E-state index contributed by atoms with van der Waals surface area (Å²) in [4.78, 5) is 22.2. The Kier molecular flexibility index (Phi) is 5.85. The second kappa shape index (κ2) is 7.41. The van der Waals surface area contributed by atoms with Gasteiger partial charge in [0.2, 0.25) is 5.91 Å². The largest absolute Gasteiger partial charge is 0.481 e. The fraction of sp³-hybridized carbons (Fsp3) is 0.429. The van der Waals surface area contributed by atoms with Crippen LogP contribution in [0.1, 0.15) is 25.3 Å². The molecule has 0 radical (unpaired) electrons.